The minimum atomic E-state index is 0.282. The van der Waals surface area contributed by atoms with Crippen molar-refractivity contribution in [2.24, 2.45) is 0 Å². The number of aryl methyl sites for hydroxylation is 1. The third-order valence-corrected chi connectivity index (χ3v) is 5.82. The molecular formula is C27H26N4O2. The monoisotopic (exact) mass is 438 g/mol. The van der Waals surface area contributed by atoms with Crippen molar-refractivity contribution in [1.29, 1.82) is 0 Å². The van der Waals surface area contributed by atoms with E-state index in [4.69, 9.17) is 9.15 Å². The van der Waals surface area contributed by atoms with E-state index in [-0.39, 0.29) is 6.73 Å². The summed E-state index contributed by atoms with van der Waals surface area (Å²) < 4.78 is 13.4. The summed E-state index contributed by atoms with van der Waals surface area (Å²) >= 11 is 0. The van der Waals surface area contributed by atoms with Gasteiger partial charge in [-0.15, -0.1) is 5.10 Å². The van der Waals surface area contributed by atoms with Crippen LogP contribution in [-0.2, 0) is 19.6 Å². The van der Waals surface area contributed by atoms with Gasteiger partial charge < -0.3 is 9.15 Å². The standard InChI is InChI=1S/C27H26N4O2/c1-2-3-7-27-25(24-6-4-5-8-26(24)33-27)17-20-9-11-21(12-10-20)22-13-15-23(16-14-22)32-19-31-18-28-29-30-31/h4-6,8-16,18H,2-3,7,17,19H2,1H3. The lowest BCUT2D eigenvalue weighted by molar-refractivity contribution is 0.218. The van der Waals surface area contributed by atoms with E-state index in [1.165, 1.54) is 33.1 Å². The molecule has 166 valence electrons. The number of furan rings is 1. The zero-order chi connectivity index (χ0) is 22.5. The van der Waals surface area contributed by atoms with Gasteiger partial charge in [0.05, 0.1) is 0 Å². The highest BCUT2D eigenvalue weighted by Crippen LogP contribution is 2.30. The normalized spacial score (nSPS) is 11.2. The molecule has 0 N–H and O–H groups in total. The smallest absolute Gasteiger partial charge is 0.184 e. The summed E-state index contributed by atoms with van der Waals surface area (Å²) in [6.07, 6.45) is 5.68. The zero-order valence-corrected chi connectivity index (χ0v) is 18.6. The molecule has 0 atom stereocenters. The Morgan fingerprint density at radius 1 is 0.909 bits per heavy atom. The lowest BCUT2D eigenvalue weighted by atomic mass is 9.97. The molecule has 5 rings (SSSR count). The van der Waals surface area contributed by atoms with Gasteiger partial charge in [0.25, 0.3) is 0 Å². The number of tetrazole rings is 1. The van der Waals surface area contributed by atoms with Crippen LogP contribution >= 0.6 is 0 Å². The minimum absolute atomic E-state index is 0.282. The third-order valence-electron chi connectivity index (χ3n) is 5.82. The van der Waals surface area contributed by atoms with Crippen molar-refractivity contribution in [3.05, 3.63) is 96.0 Å². The van der Waals surface area contributed by atoms with Crippen molar-refractivity contribution in [1.82, 2.24) is 20.2 Å². The van der Waals surface area contributed by atoms with Gasteiger partial charge in [0, 0.05) is 23.8 Å². The second-order valence-electron chi connectivity index (χ2n) is 8.12. The van der Waals surface area contributed by atoms with Crippen molar-refractivity contribution in [3.63, 3.8) is 0 Å². The number of fused-ring (bicyclic) bond motifs is 1. The van der Waals surface area contributed by atoms with Crippen LogP contribution in [0.4, 0.5) is 0 Å². The molecule has 6 heteroatoms. The molecule has 0 aliphatic rings. The van der Waals surface area contributed by atoms with Gasteiger partial charge in [0.15, 0.2) is 6.73 Å². The highest BCUT2D eigenvalue weighted by atomic mass is 16.5. The average Bonchev–Trinajstić information content (AvgIpc) is 3.50. The van der Waals surface area contributed by atoms with Crippen LogP contribution in [-0.4, -0.2) is 20.2 Å². The molecule has 3 aromatic carbocycles. The maximum atomic E-state index is 6.20. The van der Waals surface area contributed by atoms with E-state index < -0.39 is 0 Å². The maximum Gasteiger partial charge on any atom is 0.184 e. The van der Waals surface area contributed by atoms with Crippen molar-refractivity contribution >= 4 is 11.0 Å². The van der Waals surface area contributed by atoms with E-state index in [2.05, 4.69) is 77.0 Å². The summed E-state index contributed by atoms with van der Waals surface area (Å²) in [7, 11) is 0. The third kappa shape index (κ3) is 4.80. The number of hydrogen-bond acceptors (Lipinski definition) is 5. The Morgan fingerprint density at radius 3 is 2.39 bits per heavy atom. The highest BCUT2D eigenvalue weighted by Gasteiger charge is 2.14. The van der Waals surface area contributed by atoms with Crippen LogP contribution in [0.3, 0.4) is 0 Å². The summed E-state index contributed by atoms with van der Waals surface area (Å²) in [6, 6.07) is 25.2. The fraction of sp³-hybridized carbons (Fsp3) is 0.222. The first kappa shape index (κ1) is 20.9. The molecule has 2 aromatic heterocycles. The van der Waals surface area contributed by atoms with E-state index in [0.29, 0.717) is 0 Å². The lowest BCUT2D eigenvalue weighted by Crippen LogP contribution is -2.05. The van der Waals surface area contributed by atoms with Gasteiger partial charge >= 0.3 is 0 Å². The van der Waals surface area contributed by atoms with Crippen LogP contribution in [0.15, 0.2) is 83.5 Å². The fourth-order valence-electron chi connectivity index (χ4n) is 4.03. The van der Waals surface area contributed by atoms with E-state index in [1.807, 2.05) is 18.2 Å². The van der Waals surface area contributed by atoms with Crippen LogP contribution < -0.4 is 4.74 Å². The number of nitrogens with zero attached hydrogens (tertiary/aromatic N) is 4. The molecule has 6 nitrogen and oxygen atoms in total. The van der Waals surface area contributed by atoms with Crippen LogP contribution in [0, 0.1) is 0 Å². The summed E-state index contributed by atoms with van der Waals surface area (Å²) in [5.41, 5.74) is 5.90. The molecule has 2 heterocycles. The summed E-state index contributed by atoms with van der Waals surface area (Å²) in [6.45, 7) is 2.50. The zero-order valence-electron chi connectivity index (χ0n) is 18.6. The molecule has 0 saturated carbocycles. The number of rotatable bonds is 9. The van der Waals surface area contributed by atoms with Crippen LogP contribution in [0.25, 0.3) is 22.1 Å². The minimum Gasteiger partial charge on any atom is -0.471 e. The van der Waals surface area contributed by atoms with Crippen molar-refractivity contribution in [3.8, 4) is 16.9 Å². The number of para-hydroxylation sites is 1. The van der Waals surface area contributed by atoms with E-state index >= 15 is 0 Å². The number of aromatic nitrogens is 4. The Labute approximate surface area is 192 Å². The first-order chi connectivity index (χ1) is 16.3. The predicted molar refractivity (Wildman–Crippen MR) is 128 cm³/mol. The summed E-state index contributed by atoms with van der Waals surface area (Å²) in [5, 5.41) is 12.2. The molecular weight excluding hydrogens is 412 g/mol. The van der Waals surface area contributed by atoms with Gasteiger partial charge in [-0.2, -0.15) is 4.68 Å². The predicted octanol–water partition coefficient (Wildman–Crippen LogP) is 6.06. The largest absolute Gasteiger partial charge is 0.471 e. The van der Waals surface area contributed by atoms with E-state index in [1.54, 1.807) is 0 Å². The SMILES string of the molecule is CCCCc1oc2ccccc2c1Cc1ccc(-c2ccc(OCn3cnnn3)cc2)cc1. The molecule has 0 aliphatic carbocycles. The lowest BCUT2D eigenvalue weighted by Gasteiger charge is -2.08. The van der Waals surface area contributed by atoms with Crippen molar-refractivity contribution < 1.29 is 9.15 Å². The Hall–Kier alpha value is -3.93. The van der Waals surface area contributed by atoms with E-state index in [0.717, 1.165) is 48.3 Å². The number of benzene rings is 3. The first-order valence-electron chi connectivity index (χ1n) is 11.3. The Bertz CT molecular complexity index is 1310. The highest BCUT2D eigenvalue weighted by molar-refractivity contribution is 5.82. The Balaban J connectivity index is 1.30. The van der Waals surface area contributed by atoms with Crippen LogP contribution in [0.5, 0.6) is 5.75 Å². The Morgan fingerprint density at radius 2 is 1.67 bits per heavy atom. The maximum absolute atomic E-state index is 6.20. The molecule has 0 aliphatic heterocycles. The van der Waals surface area contributed by atoms with Crippen molar-refractivity contribution in [2.45, 2.75) is 39.3 Å². The topological polar surface area (TPSA) is 66.0 Å². The first-order valence-corrected chi connectivity index (χ1v) is 11.3. The van der Waals surface area contributed by atoms with Crippen LogP contribution in [0.1, 0.15) is 36.7 Å². The van der Waals surface area contributed by atoms with Crippen LogP contribution in [0.2, 0.25) is 0 Å². The molecule has 0 spiro atoms. The molecule has 5 aromatic rings. The molecule has 33 heavy (non-hydrogen) atoms. The molecule has 0 unspecified atom stereocenters. The fourth-order valence-corrected chi connectivity index (χ4v) is 4.03. The van der Waals surface area contributed by atoms with Gasteiger partial charge in [-0.25, -0.2) is 0 Å². The second-order valence-corrected chi connectivity index (χ2v) is 8.12. The number of hydrogen-bond donors (Lipinski definition) is 0. The molecule has 0 saturated heterocycles. The van der Waals surface area contributed by atoms with E-state index in [9.17, 15) is 0 Å². The van der Waals surface area contributed by atoms with Gasteiger partial charge in [-0.3, -0.25) is 0 Å². The second kappa shape index (κ2) is 9.69. The number of unbranched alkanes of at least 4 members (excludes halogenated alkanes) is 1. The molecule has 0 radical (unpaired) electrons. The van der Waals surface area contributed by atoms with Crippen molar-refractivity contribution in [2.75, 3.05) is 0 Å². The van der Waals surface area contributed by atoms with Gasteiger partial charge in [-0.05, 0) is 51.7 Å². The molecule has 0 bridgehead atoms. The molecule has 0 fully saturated rings. The molecule has 0 amide bonds. The number of ether oxygens (including phenoxy) is 1. The van der Waals surface area contributed by atoms with Gasteiger partial charge in [-0.1, -0.05) is 67.9 Å². The Kier molecular flexibility index (Phi) is 6.15. The quantitative estimate of drug-likeness (QED) is 0.280. The summed E-state index contributed by atoms with van der Waals surface area (Å²) in [5.74, 6) is 1.90. The average molecular weight is 439 g/mol. The summed E-state index contributed by atoms with van der Waals surface area (Å²) in [4.78, 5) is 0. The van der Waals surface area contributed by atoms with Gasteiger partial charge in [0.2, 0.25) is 0 Å². The van der Waals surface area contributed by atoms with Gasteiger partial charge in [0.1, 0.15) is 23.4 Å².